The first-order chi connectivity index (χ1) is 15.2. The lowest BCUT2D eigenvalue weighted by Gasteiger charge is -2.44. The maximum Gasteiger partial charge on any atom is 0.411 e. The van der Waals surface area contributed by atoms with E-state index in [0.29, 0.717) is 29.0 Å². The second-order valence-electron chi connectivity index (χ2n) is 8.35. The number of carbonyl (C=O) groups is 2. The number of fused-ring (bicyclic) bond motifs is 1. The summed E-state index contributed by atoms with van der Waals surface area (Å²) in [6, 6.07) is 15.0. The quantitative estimate of drug-likeness (QED) is 0.716. The lowest BCUT2D eigenvalue weighted by molar-refractivity contribution is 0.0388. The average Bonchev–Trinajstić information content (AvgIpc) is 2.82. The van der Waals surface area contributed by atoms with E-state index < -0.39 is 6.09 Å². The molecule has 0 radical (unpaired) electrons. The maximum atomic E-state index is 13.4. The SMILES string of the molecule is COc1cc(NC(=O)OCc2ccccc2)ccc1C(=O)N1CCC[C@H]2CCCC[C@H]21. The van der Waals surface area contributed by atoms with Crippen LogP contribution in [0.1, 0.15) is 54.4 Å². The molecule has 6 heteroatoms. The largest absolute Gasteiger partial charge is 0.496 e. The van der Waals surface area contributed by atoms with Gasteiger partial charge >= 0.3 is 6.09 Å². The van der Waals surface area contributed by atoms with E-state index in [9.17, 15) is 9.59 Å². The average molecular weight is 423 g/mol. The normalized spacial score (nSPS) is 20.5. The molecule has 31 heavy (non-hydrogen) atoms. The van der Waals surface area contributed by atoms with Crippen LogP contribution < -0.4 is 10.1 Å². The number of ether oxygens (including phenoxy) is 2. The molecule has 1 heterocycles. The Morgan fingerprint density at radius 1 is 1.03 bits per heavy atom. The summed E-state index contributed by atoms with van der Waals surface area (Å²) in [5.41, 5.74) is 1.98. The number of rotatable bonds is 5. The summed E-state index contributed by atoms with van der Waals surface area (Å²) in [5.74, 6) is 1.10. The number of amides is 2. The lowest BCUT2D eigenvalue weighted by atomic mass is 9.78. The third-order valence-corrected chi connectivity index (χ3v) is 6.40. The Kier molecular flexibility index (Phi) is 6.75. The highest BCUT2D eigenvalue weighted by molar-refractivity contribution is 5.98. The third kappa shape index (κ3) is 5.01. The summed E-state index contributed by atoms with van der Waals surface area (Å²) in [6.07, 6.45) is 6.50. The summed E-state index contributed by atoms with van der Waals surface area (Å²) in [4.78, 5) is 27.6. The molecular weight excluding hydrogens is 392 g/mol. The predicted molar refractivity (Wildman–Crippen MR) is 119 cm³/mol. The molecule has 2 aliphatic rings. The van der Waals surface area contributed by atoms with Crippen LogP contribution in [0.3, 0.4) is 0 Å². The van der Waals surface area contributed by atoms with Crippen LogP contribution in [0.5, 0.6) is 5.75 Å². The highest BCUT2D eigenvalue weighted by atomic mass is 16.5. The fourth-order valence-electron chi connectivity index (χ4n) is 4.85. The molecular formula is C25H30N2O4. The third-order valence-electron chi connectivity index (χ3n) is 6.40. The van der Waals surface area contributed by atoms with Gasteiger partial charge in [-0.25, -0.2) is 4.79 Å². The van der Waals surface area contributed by atoms with Gasteiger partial charge in [0.05, 0.1) is 12.7 Å². The molecule has 0 spiro atoms. The van der Waals surface area contributed by atoms with Crippen LogP contribution >= 0.6 is 0 Å². The van der Waals surface area contributed by atoms with Gasteiger partial charge in [0, 0.05) is 24.3 Å². The van der Waals surface area contributed by atoms with Gasteiger partial charge in [-0.05, 0) is 49.3 Å². The zero-order chi connectivity index (χ0) is 21.6. The van der Waals surface area contributed by atoms with E-state index in [2.05, 4.69) is 5.32 Å². The highest BCUT2D eigenvalue weighted by Crippen LogP contribution is 2.37. The van der Waals surface area contributed by atoms with Crippen molar-refractivity contribution in [3.63, 3.8) is 0 Å². The molecule has 164 valence electrons. The van der Waals surface area contributed by atoms with Crippen molar-refractivity contribution < 1.29 is 19.1 Å². The molecule has 6 nitrogen and oxygen atoms in total. The molecule has 2 aromatic rings. The summed E-state index contributed by atoms with van der Waals surface area (Å²) in [7, 11) is 1.54. The Morgan fingerprint density at radius 2 is 1.81 bits per heavy atom. The fraction of sp³-hybridized carbons (Fsp3) is 0.440. The second kappa shape index (κ2) is 9.86. The van der Waals surface area contributed by atoms with E-state index in [1.165, 1.54) is 25.7 Å². The molecule has 4 rings (SSSR count). The summed E-state index contributed by atoms with van der Waals surface area (Å²) < 4.78 is 10.8. The Balaban J connectivity index is 1.42. The van der Waals surface area contributed by atoms with Crippen LogP contribution in [0.4, 0.5) is 10.5 Å². The molecule has 1 N–H and O–H groups in total. The summed E-state index contributed by atoms with van der Waals surface area (Å²) in [5, 5.41) is 2.71. The van der Waals surface area contributed by atoms with E-state index in [-0.39, 0.29) is 12.5 Å². The highest BCUT2D eigenvalue weighted by Gasteiger charge is 2.36. The molecule has 1 aliphatic carbocycles. The van der Waals surface area contributed by atoms with E-state index >= 15 is 0 Å². The van der Waals surface area contributed by atoms with E-state index in [1.807, 2.05) is 35.2 Å². The van der Waals surface area contributed by atoms with Gasteiger partial charge in [0.25, 0.3) is 5.91 Å². The Bertz CT molecular complexity index is 913. The summed E-state index contributed by atoms with van der Waals surface area (Å²) in [6.45, 7) is 0.993. The number of hydrogen-bond acceptors (Lipinski definition) is 4. The van der Waals surface area contributed by atoms with Crippen molar-refractivity contribution in [3.05, 3.63) is 59.7 Å². The first kappa shape index (κ1) is 21.2. The maximum absolute atomic E-state index is 13.4. The van der Waals surface area contributed by atoms with E-state index in [1.54, 1.807) is 25.3 Å². The van der Waals surface area contributed by atoms with Crippen molar-refractivity contribution in [1.82, 2.24) is 4.90 Å². The smallest absolute Gasteiger partial charge is 0.411 e. The van der Waals surface area contributed by atoms with Crippen LogP contribution in [0, 0.1) is 5.92 Å². The molecule has 0 unspecified atom stereocenters. The number of anilines is 1. The van der Waals surface area contributed by atoms with E-state index in [4.69, 9.17) is 9.47 Å². The standard InChI is InChI=1S/C25H30N2O4/c1-30-23-16-20(26-25(29)31-17-18-8-3-2-4-9-18)13-14-21(23)24(28)27-15-7-11-19-10-5-6-12-22(19)27/h2-4,8-9,13-14,16,19,22H,5-7,10-12,15,17H2,1H3,(H,26,29)/t19-,22-/m1/s1. The second-order valence-corrected chi connectivity index (χ2v) is 8.35. The molecule has 1 aliphatic heterocycles. The van der Waals surface area contributed by atoms with Gasteiger partial charge in [0.2, 0.25) is 0 Å². The first-order valence-corrected chi connectivity index (χ1v) is 11.1. The van der Waals surface area contributed by atoms with Crippen LogP contribution in [-0.4, -0.2) is 36.6 Å². The minimum absolute atomic E-state index is 0.0201. The molecule has 2 fully saturated rings. The monoisotopic (exact) mass is 422 g/mol. The van der Waals surface area contributed by atoms with Crippen molar-refractivity contribution in [1.29, 1.82) is 0 Å². The summed E-state index contributed by atoms with van der Waals surface area (Å²) >= 11 is 0. The Morgan fingerprint density at radius 3 is 2.61 bits per heavy atom. The number of nitrogens with one attached hydrogen (secondary N) is 1. The van der Waals surface area contributed by atoms with Crippen molar-refractivity contribution in [2.75, 3.05) is 19.0 Å². The van der Waals surface area contributed by atoms with Crippen LogP contribution in [0.15, 0.2) is 48.5 Å². The Labute approximate surface area is 183 Å². The van der Waals surface area contributed by atoms with Crippen molar-refractivity contribution in [2.24, 2.45) is 5.92 Å². The number of nitrogens with zero attached hydrogens (tertiary/aromatic N) is 1. The molecule has 0 aromatic heterocycles. The van der Waals surface area contributed by atoms with Crippen LogP contribution in [0.25, 0.3) is 0 Å². The molecule has 1 saturated carbocycles. The zero-order valence-electron chi connectivity index (χ0n) is 18.0. The number of benzene rings is 2. The van der Waals surface area contributed by atoms with Gasteiger partial charge in [0.1, 0.15) is 12.4 Å². The minimum atomic E-state index is -0.550. The predicted octanol–water partition coefficient (Wildman–Crippen LogP) is 5.24. The number of carbonyl (C=O) groups excluding carboxylic acids is 2. The fourth-order valence-corrected chi connectivity index (χ4v) is 4.85. The molecule has 2 atom stereocenters. The van der Waals surface area contributed by atoms with Gasteiger partial charge in [0.15, 0.2) is 0 Å². The van der Waals surface area contributed by atoms with Gasteiger partial charge in [-0.2, -0.15) is 0 Å². The van der Waals surface area contributed by atoms with Crippen LogP contribution in [0.2, 0.25) is 0 Å². The van der Waals surface area contributed by atoms with Crippen molar-refractivity contribution in [3.8, 4) is 5.75 Å². The molecule has 0 bridgehead atoms. The first-order valence-electron chi connectivity index (χ1n) is 11.1. The van der Waals surface area contributed by atoms with Gasteiger partial charge < -0.3 is 14.4 Å². The van der Waals surface area contributed by atoms with Gasteiger partial charge in [-0.3, -0.25) is 10.1 Å². The number of hydrogen-bond donors (Lipinski definition) is 1. The molecule has 2 aromatic carbocycles. The molecule has 2 amide bonds. The number of likely N-dealkylation sites (tertiary alicyclic amines) is 1. The number of methoxy groups -OCH3 is 1. The van der Waals surface area contributed by atoms with Crippen molar-refractivity contribution >= 4 is 17.7 Å². The number of piperidine rings is 1. The molecule has 1 saturated heterocycles. The Hall–Kier alpha value is -3.02. The van der Waals surface area contributed by atoms with Gasteiger partial charge in [-0.1, -0.05) is 43.2 Å². The van der Waals surface area contributed by atoms with Crippen LogP contribution in [-0.2, 0) is 11.3 Å². The minimum Gasteiger partial charge on any atom is -0.496 e. The van der Waals surface area contributed by atoms with E-state index in [0.717, 1.165) is 24.9 Å². The lowest BCUT2D eigenvalue weighted by Crippen LogP contribution is -2.49. The zero-order valence-corrected chi connectivity index (χ0v) is 18.0. The van der Waals surface area contributed by atoms with Gasteiger partial charge in [-0.15, -0.1) is 0 Å². The van der Waals surface area contributed by atoms with Crippen molar-refractivity contribution in [2.45, 2.75) is 51.2 Å². The topological polar surface area (TPSA) is 67.9 Å².